The number of ether oxygens (including phenoxy) is 1. The molecule has 0 bridgehead atoms. The summed E-state index contributed by atoms with van der Waals surface area (Å²) in [6, 6.07) is 0.0737. The average molecular weight is 264 g/mol. The lowest BCUT2D eigenvalue weighted by molar-refractivity contribution is -0.126. The molecule has 106 valence electrons. The average Bonchev–Trinajstić information content (AvgIpc) is 2.31. The van der Waals surface area contributed by atoms with E-state index in [4.69, 9.17) is 5.73 Å². The van der Waals surface area contributed by atoms with Crippen LogP contribution in [-0.2, 0) is 9.53 Å². The number of alkyl halides is 2. The maximum atomic E-state index is 11.8. The highest BCUT2D eigenvalue weighted by atomic mass is 19.3. The zero-order chi connectivity index (χ0) is 13.5. The molecule has 0 spiro atoms. The van der Waals surface area contributed by atoms with E-state index in [1.807, 2.05) is 0 Å². The topological polar surface area (TPSA) is 64.3 Å². The van der Waals surface area contributed by atoms with Crippen LogP contribution in [0.1, 0.15) is 26.2 Å². The molecule has 0 heterocycles. The number of nitrogens with one attached hydrogen (secondary N) is 1. The summed E-state index contributed by atoms with van der Waals surface area (Å²) in [6.45, 7) is 1.90. The van der Waals surface area contributed by atoms with Crippen LogP contribution in [0.15, 0.2) is 0 Å². The predicted octanol–water partition coefficient (Wildman–Crippen LogP) is 1.15. The molecule has 6 heteroatoms. The first-order valence-corrected chi connectivity index (χ1v) is 6.40. The van der Waals surface area contributed by atoms with Crippen LogP contribution < -0.4 is 11.1 Å². The lowest BCUT2D eigenvalue weighted by atomic mass is 9.79. The molecule has 0 aromatic heterocycles. The maximum absolute atomic E-state index is 11.8. The van der Waals surface area contributed by atoms with Crippen LogP contribution in [0.5, 0.6) is 0 Å². The van der Waals surface area contributed by atoms with Crippen LogP contribution >= 0.6 is 0 Å². The smallest absolute Gasteiger partial charge is 0.261 e. The number of nitrogens with two attached hydrogens (primary N) is 1. The fourth-order valence-corrected chi connectivity index (χ4v) is 2.16. The van der Waals surface area contributed by atoms with Gasteiger partial charge in [-0.1, -0.05) is 6.92 Å². The minimum Gasteiger partial charge on any atom is -0.374 e. The van der Waals surface area contributed by atoms with Gasteiger partial charge in [-0.05, 0) is 25.2 Å². The van der Waals surface area contributed by atoms with E-state index in [2.05, 4.69) is 17.0 Å². The standard InChI is InChI=1S/C12H22F2N2O2/c1-8-2-3-9(6-10(8)15)12(17)16-4-5-18-7-11(13)14/h8-11H,2-7,15H2,1H3,(H,16,17). The van der Waals surface area contributed by atoms with Gasteiger partial charge in [0.2, 0.25) is 5.91 Å². The summed E-state index contributed by atoms with van der Waals surface area (Å²) in [4.78, 5) is 11.8. The number of hydrogen-bond acceptors (Lipinski definition) is 3. The van der Waals surface area contributed by atoms with Crippen molar-refractivity contribution in [1.29, 1.82) is 0 Å². The summed E-state index contributed by atoms with van der Waals surface area (Å²) < 4.78 is 28.2. The summed E-state index contributed by atoms with van der Waals surface area (Å²) in [5.74, 6) is 0.368. The van der Waals surface area contributed by atoms with Gasteiger partial charge in [0, 0.05) is 18.5 Å². The molecule has 0 radical (unpaired) electrons. The number of rotatable bonds is 6. The van der Waals surface area contributed by atoms with Crippen LogP contribution in [0, 0.1) is 11.8 Å². The Kier molecular flexibility index (Phi) is 6.49. The van der Waals surface area contributed by atoms with E-state index < -0.39 is 13.0 Å². The maximum Gasteiger partial charge on any atom is 0.261 e. The van der Waals surface area contributed by atoms with Crippen molar-refractivity contribution in [1.82, 2.24) is 5.32 Å². The van der Waals surface area contributed by atoms with Gasteiger partial charge in [-0.3, -0.25) is 4.79 Å². The van der Waals surface area contributed by atoms with Gasteiger partial charge < -0.3 is 15.8 Å². The van der Waals surface area contributed by atoms with E-state index in [1.165, 1.54) is 0 Å². The van der Waals surface area contributed by atoms with Crippen molar-refractivity contribution < 1.29 is 18.3 Å². The fourth-order valence-electron chi connectivity index (χ4n) is 2.16. The van der Waals surface area contributed by atoms with E-state index in [-0.39, 0.29) is 31.0 Å². The van der Waals surface area contributed by atoms with E-state index >= 15 is 0 Å². The number of carbonyl (C=O) groups excluding carboxylic acids is 1. The Morgan fingerprint density at radius 2 is 2.22 bits per heavy atom. The SMILES string of the molecule is CC1CCC(C(=O)NCCOCC(F)F)CC1N. The number of carbonyl (C=O) groups is 1. The molecule has 3 unspecified atom stereocenters. The zero-order valence-corrected chi connectivity index (χ0v) is 10.7. The molecular formula is C12H22F2N2O2. The minimum absolute atomic E-state index is 0.0435. The molecule has 0 aliphatic heterocycles. The second-order valence-electron chi connectivity index (χ2n) is 4.91. The first-order valence-electron chi connectivity index (χ1n) is 6.40. The highest BCUT2D eigenvalue weighted by Crippen LogP contribution is 2.27. The Labute approximate surface area is 106 Å². The molecule has 1 saturated carbocycles. The molecular weight excluding hydrogens is 242 g/mol. The molecule has 1 fully saturated rings. The number of halogens is 2. The van der Waals surface area contributed by atoms with Gasteiger partial charge in [0.25, 0.3) is 6.43 Å². The number of hydrogen-bond donors (Lipinski definition) is 2. The van der Waals surface area contributed by atoms with E-state index in [0.29, 0.717) is 12.3 Å². The molecule has 1 rings (SSSR count). The predicted molar refractivity (Wildman–Crippen MR) is 64.3 cm³/mol. The summed E-state index contributed by atoms with van der Waals surface area (Å²) in [6.07, 6.45) is 0.0449. The van der Waals surface area contributed by atoms with Crippen molar-refractivity contribution in [3.63, 3.8) is 0 Å². The lowest BCUT2D eigenvalue weighted by Crippen LogP contribution is -2.42. The molecule has 18 heavy (non-hydrogen) atoms. The first-order chi connectivity index (χ1) is 8.50. The molecule has 0 aromatic carbocycles. The third-order valence-electron chi connectivity index (χ3n) is 3.42. The molecule has 0 aromatic rings. The Balaban J connectivity index is 2.13. The molecule has 1 aliphatic rings. The van der Waals surface area contributed by atoms with Crippen LogP contribution in [0.25, 0.3) is 0 Å². The molecule has 1 aliphatic carbocycles. The van der Waals surface area contributed by atoms with Gasteiger partial charge in [0.1, 0.15) is 6.61 Å². The lowest BCUT2D eigenvalue weighted by Gasteiger charge is -2.30. The summed E-state index contributed by atoms with van der Waals surface area (Å²) >= 11 is 0. The van der Waals surface area contributed by atoms with Gasteiger partial charge in [0.05, 0.1) is 6.61 Å². The molecule has 0 saturated heterocycles. The Morgan fingerprint density at radius 3 is 2.83 bits per heavy atom. The van der Waals surface area contributed by atoms with Crippen molar-refractivity contribution in [2.45, 2.75) is 38.7 Å². The van der Waals surface area contributed by atoms with Crippen LogP contribution in [0.3, 0.4) is 0 Å². The van der Waals surface area contributed by atoms with Crippen molar-refractivity contribution in [2.24, 2.45) is 17.6 Å². The van der Waals surface area contributed by atoms with Gasteiger partial charge in [-0.25, -0.2) is 8.78 Å². The molecule has 3 atom stereocenters. The normalized spacial score (nSPS) is 28.4. The van der Waals surface area contributed by atoms with Crippen LogP contribution in [0.2, 0.25) is 0 Å². The largest absolute Gasteiger partial charge is 0.374 e. The van der Waals surface area contributed by atoms with E-state index in [9.17, 15) is 13.6 Å². The minimum atomic E-state index is -2.46. The molecule has 1 amide bonds. The molecule has 3 N–H and O–H groups in total. The summed E-state index contributed by atoms with van der Waals surface area (Å²) in [5, 5.41) is 2.70. The van der Waals surface area contributed by atoms with Crippen LogP contribution in [-0.4, -0.2) is 38.1 Å². The zero-order valence-electron chi connectivity index (χ0n) is 10.7. The van der Waals surface area contributed by atoms with Gasteiger partial charge in [-0.2, -0.15) is 0 Å². The highest BCUT2D eigenvalue weighted by molar-refractivity contribution is 5.78. The molecule has 4 nitrogen and oxygen atoms in total. The van der Waals surface area contributed by atoms with Gasteiger partial charge >= 0.3 is 0 Å². The van der Waals surface area contributed by atoms with Crippen molar-refractivity contribution in [2.75, 3.05) is 19.8 Å². The third-order valence-corrected chi connectivity index (χ3v) is 3.42. The van der Waals surface area contributed by atoms with E-state index in [0.717, 1.165) is 12.8 Å². The summed E-state index contributed by atoms with van der Waals surface area (Å²) in [5.41, 5.74) is 5.93. The Hall–Kier alpha value is -0.750. The van der Waals surface area contributed by atoms with Crippen molar-refractivity contribution in [3.8, 4) is 0 Å². The highest BCUT2D eigenvalue weighted by Gasteiger charge is 2.29. The quantitative estimate of drug-likeness (QED) is 0.707. The summed E-state index contributed by atoms with van der Waals surface area (Å²) in [7, 11) is 0. The number of amides is 1. The van der Waals surface area contributed by atoms with Crippen molar-refractivity contribution >= 4 is 5.91 Å². The van der Waals surface area contributed by atoms with Gasteiger partial charge in [-0.15, -0.1) is 0 Å². The monoisotopic (exact) mass is 264 g/mol. The third kappa shape index (κ3) is 5.27. The second-order valence-corrected chi connectivity index (χ2v) is 4.91. The van der Waals surface area contributed by atoms with Gasteiger partial charge in [0.15, 0.2) is 0 Å². The fraction of sp³-hybridized carbons (Fsp3) is 0.917. The van der Waals surface area contributed by atoms with E-state index in [1.54, 1.807) is 0 Å². The Morgan fingerprint density at radius 1 is 1.50 bits per heavy atom. The van der Waals surface area contributed by atoms with Crippen LogP contribution in [0.4, 0.5) is 8.78 Å². The van der Waals surface area contributed by atoms with Crippen molar-refractivity contribution in [3.05, 3.63) is 0 Å². The first kappa shape index (κ1) is 15.3. The second kappa shape index (κ2) is 7.63. The Bertz CT molecular complexity index is 264.